The summed E-state index contributed by atoms with van der Waals surface area (Å²) >= 11 is 0. The van der Waals surface area contributed by atoms with E-state index in [4.69, 9.17) is 14.2 Å². The molecule has 0 aromatic carbocycles. The standard InChI is InChI=1S/C52H90O6/c1-4-7-10-13-16-18-20-22-24-26-28-29-31-33-36-39-42-45-51(54)57-48-49(47-56-50(53)44-41-38-35-15-12-9-6-3)58-52(55)46-43-40-37-34-32-30-27-25-23-21-19-17-14-11-8-5-2/h7,10,16,18,22,24-25,27-29,49H,4-6,8-9,11-15,17,19-21,23,26,30-48H2,1-3H3/b10-7-,18-16-,24-22-,27-25-,29-28-. The van der Waals surface area contributed by atoms with Crippen LogP contribution in [0.3, 0.4) is 0 Å². The van der Waals surface area contributed by atoms with Crippen molar-refractivity contribution in [1.29, 1.82) is 0 Å². The number of hydrogen-bond acceptors (Lipinski definition) is 6. The van der Waals surface area contributed by atoms with E-state index >= 15 is 0 Å². The first-order valence-corrected chi connectivity index (χ1v) is 24.3. The highest BCUT2D eigenvalue weighted by molar-refractivity contribution is 5.71. The molecule has 0 heterocycles. The SMILES string of the molecule is CC/C=C\C/C=C\C/C=C\C/C=C\CCCCCCC(=O)OCC(COC(=O)CCCCCCCCC)OC(=O)CCCCCCC/C=C\CCCCCCCCC. The Balaban J connectivity index is 4.34. The van der Waals surface area contributed by atoms with Crippen molar-refractivity contribution in [2.24, 2.45) is 0 Å². The van der Waals surface area contributed by atoms with Crippen molar-refractivity contribution < 1.29 is 28.6 Å². The molecule has 0 aromatic rings. The molecule has 0 aliphatic rings. The molecule has 0 rings (SSSR count). The lowest BCUT2D eigenvalue weighted by molar-refractivity contribution is -0.167. The van der Waals surface area contributed by atoms with Gasteiger partial charge in [0.05, 0.1) is 0 Å². The van der Waals surface area contributed by atoms with E-state index in [9.17, 15) is 14.4 Å². The van der Waals surface area contributed by atoms with Gasteiger partial charge >= 0.3 is 17.9 Å². The fourth-order valence-electron chi connectivity index (χ4n) is 6.60. The summed E-state index contributed by atoms with van der Waals surface area (Å²) in [5.74, 6) is -0.924. The van der Waals surface area contributed by atoms with Crippen molar-refractivity contribution in [1.82, 2.24) is 0 Å². The number of unbranched alkanes of at least 4 members (excludes halogenated alkanes) is 22. The molecular formula is C52H90O6. The molecule has 0 bridgehead atoms. The number of rotatable bonds is 43. The second-order valence-electron chi connectivity index (χ2n) is 16.0. The summed E-state index contributed by atoms with van der Waals surface area (Å²) in [6.07, 6.45) is 56.4. The van der Waals surface area contributed by atoms with Crippen molar-refractivity contribution in [3.8, 4) is 0 Å². The quantitative estimate of drug-likeness (QED) is 0.0264. The zero-order chi connectivity index (χ0) is 42.3. The number of esters is 3. The monoisotopic (exact) mass is 811 g/mol. The average Bonchev–Trinajstić information content (AvgIpc) is 3.22. The Morgan fingerprint density at radius 1 is 0.362 bits per heavy atom. The largest absolute Gasteiger partial charge is 0.462 e. The van der Waals surface area contributed by atoms with Crippen molar-refractivity contribution in [3.63, 3.8) is 0 Å². The van der Waals surface area contributed by atoms with E-state index in [2.05, 4.69) is 81.5 Å². The van der Waals surface area contributed by atoms with Crippen LogP contribution in [0.1, 0.15) is 233 Å². The maximum Gasteiger partial charge on any atom is 0.306 e. The van der Waals surface area contributed by atoms with Crippen molar-refractivity contribution in [3.05, 3.63) is 60.8 Å². The average molecular weight is 811 g/mol. The Morgan fingerprint density at radius 3 is 1.07 bits per heavy atom. The molecule has 0 saturated carbocycles. The molecule has 0 aliphatic carbocycles. The normalized spacial score (nSPS) is 12.5. The summed E-state index contributed by atoms with van der Waals surface area (Å²) in [6, 6.07) is 0. The third-order valence-electron chi connectivity index (χ3n) is 10.3. The second-order valence-corrected chi connectivity index (χ2v) is 16.0. The van der Waals surface area contributed by atoms with E-state index in [1.165, 1.54) is 83.5 Å². The minimum absolute atomic E-state index is 0.0852. The van der Waals surface area contributed by atoms with Gasteiger partial charge in [-0.15, -0.1) is 0 Å². The first-order chi connectivity index (χ1) is 28.5. The van der Waals surface area contributed by atoms with Crippen LogP contribution in [0.15, 0.2) is 60.8 Å². The number of carbonyl (C=O) groups excluding carboxylic acids is 3. The molecule has 1 unspecified atom stereocenters. The molecule has 334 valence electrons. The summed E-state index contributed by atoms with van der Waals surface area (Å²) in [7, 11) is 0. The van der Waals surface area contributed by atoms with Crippen LogP contribution in [-0.2, 0) is 28.6 Å². The highest BCUT2D eigenvalue weighted by Gasteiger charge is 2.19. The highest BCUT2D eigenvalue weighted by atomic mass is 16.6. The first kappa shape index (κ1) is 55.1. The number of ether oxygens (including phenoxy) is 3. The highest BCUT2D eigenvalue weighted by Crippen LogP contribution is 2.13. The summed E-state index contributed by atoms with van der Waals surface area (Å²) in [5.41, 5.74) is 0. The molecule has 0 spiro atoms. The van der Waals surface area contributed by atoms with Gasteiger partial charge in [-0.2, -0.15) is 0 Å². The van der Waals surface area contributed by atoms with Crippen LogP contribution in [-0.4, -0.2) is 37.2 Å². The molecule has 0 radical (unpaired) electrons. The molecule has 6 nitrogen and oxygen atoms in total. The van der Waals surface area contributed by atoms with E-state index < -0.39 is 6.10 Å². The van der Waals surface area contributed by atoms with Gasteiger partial charge in [-0.05, 0) is 83.5 Å². The summed E-state index contributed by atoms with van der Waals surface area (Å²) in [6.45, 7) is 6.45. The predicted octanol–water partition coefficient (Wildman–Crippen LogP) is 15.7. The van der Waals surface area contributed by atoms with Gasteiger partial charge in [-0.3, -0.25) is 14.4 Å². The Hall–Kier alpha value is -2.89. The smallest absolute Gasteiger partial charge is 0.306 e. The second kappa shape index (κ2) is 46.8. The third kappa shape index (κ3) is 44.2. The van der Waals surface area contributed by atoms with Gasteiger partial charge in [-0.25, -0.2) is 0 Å². The van der Waals surface area contributed by atoms with E-state index in [1.54, 1.807) is 0 Å². The van der Waals surface area contributed by atoms with Crippen LogP contribution in [0.2, 0.25) is 0 Å². The van der Waals surface area contributed by atoms with Crippen LogP contribution in [0.4, 0.5) is 0 Å². The lowest BCUT2D eigenvalue weighted by Gasteiger charge is -2.18. The minimum atomic E-state index is -0.784. The van der Waals surface area contributed by atoms with Gasteiger partial charge in [0.1, 0.15) is 13.2 Å². The molecule has 0 saturated heterocycles. The molecule has 0 aliphatic heterocycles. The fraction of sp³-hybridized carbons (Fsp3) is 0.750. The van der Waals surface area contributed by atoms with E-state index in [-0.39, 0.29) is 31.1 Å². The number of allylic oxidation sites excluding steroid dienone is 10. The van der Waals surface area contributed by atoms with Gasteiger partial charge in [0.15, 0.2) is 6.10 Å². The molecule has 0 N–H and O–H groups in total. The molecule has 0 fully saturated rings. The fourth-order valence-corrected chi connectivity index (χ4v) is 6.60. The molecule has 0 amide bonds. The molecule has 6 heteroatoms. The Morgan fingerprint density at radius 2 is 0.672 bits per heavy atom. The van der Waals surface area contributed by atoms with E-state index in [0.717, 1.165) is 109 Å². The molecular weight excluding hydrogens is 721 g/mol. The lowest BCUT2D eigenvalue weighted by Crippen LogP contribution is -2.30. The van der Waals surface area contributed by atoms with E-state index in [1.807, 2.05) is 0 Å². The third-order valence-corrected chi connectivity index (χ3v) is 10.3. The van der Waals surface area contributed by atoms with Gasteiger partial charge in [0.2, 0.25) is 0 Å². The minimum Gasteiger partial charge on any atom is -0.462 e. The van der Waals surface area contributed by atoms with Gasteiger partial charge in [-0.1, -0.05) is 191 Å². The molecule has 1 atom stereocenters. The van der Waals surface area contributed by atoms with Crippen LogP contribution in [0.5, 0.6) is 0 Å². The topological polar surface area (TPSA) is 78.9 Å². The van der Waals surface area contributed by atoms with Crippen LogP contribution < -0.4 is 0 Å². The number of carbonyl (C=O) groups is 3. The lowest BCUT2D eigenvalue weighted by atomic mass is 10.1. The molecule has 58 heavy (non-hydrogen) atoms. The van der Waals surface area contributed by atoms with Gasteiger partial charge in [0, 0.05) is 19.3 Å². The van der Waals surface area contributed by atoms with Gasteiger partial charge in [0.25, 0.3) is 0 Å². The van der Waals surface area contributed by atoms with Gasteiger partial charge < -0.3 is 14.2 Å². The number of hydrogen-bond donors (Lipinski definition) is 0. The van der Waals surface area contributed by atoms with Crippen molar-refractivity contribution >= 4 is 17.9 Å². The first-order valence-electron chi connectivity index (χ1n) is 24.3. The Kier molecular flexibility index (Phi) is 44.5. The summed E-state index contributed by atoms with van der Waals surface area (Å²) < 4.78 is 16.7. The molecule has 0 aromatic heterocycles. The summed E-state index contributed by atoms with van der Waals surface area (Å²) in [5, 5.41) is 0. The maximum absolute atomic E-state index is 12.7. The van der Waals surface area contributed by atoms with Crippen molar-refractivity contribution in [2.45, 2.75) is 239 Å². The van der Waals surface area contributed by atoms with Crippen molar-refractivity contribution in [2.75, 3.05) is 13.2 Å². The predicted molar refractivity (Wildman–Crippen MR) is 247 cm³/mol. The van der Waals surface area contributed by atoms with Crippen LogP contribution >= 0.6 is 0 Å². The zero-order valence-electron chi connectivity index (χ0n) is 38.0. The maximum atomic E-state index is 12.7. The zero-order valence-corrected chi connectivity index (χ0v) is 38.0. The summed E-state index contributed by atoms with van der Waals surface area (Å²) in [4.78, 5) is 37.7. The van der Waals surface area contributed by atoms with Crippen LogP contribution in [0.25, 0.3) is 0 Å². The Labute approximate surface area is 358 Å². The van der Waals surface area contributed by atoms with Crippen LogP contribution in [0, 0.1) is 0 Å². The Bertz CT molecular complexity index is 1070. The van der Waals surface area contributed by atoms with E-state index in [0.29, 0.717) is 19.3 Å².